The van der Waals surface area contributed by atoms with Gasteiger partial charge in [0.05, 0.1) is 0 Å². The molecule has 0 aromatic carbocycles. The summed E-state index contributed by atoms with van der Waals surface area (Å²) in [5.74, 6) is 0.718. The SMILES string of the molecule is CO[Si](CCCCCC(C1=CCCCCC1)C1=CCCCCC1)(OC)OC. The lowest BCUT2D eigenvalue weighted by Crippen LogP contribution is -2.42. The molecule has 0 unspecified atom stereocenters. The minimum absolute atomic E-state index is 0.718. The van der Waals surface area contributed by atoms with Gasteiger partial charge >= 0.3 is 8.80 Å². The molecule has 0 amide bonds. The molecule has 0 fully saturated rings. The third kappa shape index (κ3) is 7.49. The summed E-state index contributed by atoms with van der Waals surface area (Å²) >= 11 is 0. The van der Waals surface area contributed by atoms with E-state index in [4.69, 9.17) is 13.3 Å². The van der Waals surface area contributed by atoms with Crippen LogP contribution in [0.25, 0.3) is 0 Å². The molecular weight excluding hydrogens is 352 g/mol. The van der Waals surface area contributed by atoms with E-state index in [1.807, 2.05) is 0 Å². The lowest BCUT2D eigenvalue weighted by atomic mass is 9.82. The van der Waals surface area contributed by atoms with Gasteiger partial charge in [0.15, 0.2) is 0 Å². The van der Waals surface area contributed by atoms with E-state index >= 15 is 0 Å². The zero-order valence-corrected chi connectivity index (χ0v) is 19.1. The van der Waals surface area contributed by atoms with Crippen LogP contribution in [0.5, 0.6) is 0 Å². The molecule has 4 heteroatoms. The molecule has 0 saturated carbocycles. The van der Waals surface area contributed by atoms with E-state index < -0.39 is 8.80 Å². The van der Waals surface area contributed by atoms with Crippen LogP contribution in [-0.2, 0) is 13.3 Å². The van der Waals surface area contributed by atoms with Crippen molar-refractivity contribution in [3.63, 3.8) is 0 Å². The molecule has 0 atom stereocenters. The predicted molar refractivity (Wildman–Crippen MR) is 116 cm³/mol. The minimum atomic E-state index is -2.40. The molecule has 0 aliphatic heterocycles. The minimum Gasteiger partial charge on any atom is -0.377 e. The van der Waals surface area contributed by atoms with Crippen molar-refractivity contribution in [1.82, 2.24) is 0 Å². The number of rotatable bonds is 11. The Hall–Kier alpha value is -0.423. The Bertz CT molecular complexity index is 432. The van der Waals surface area contributed by atoms with Gasteiger partial charge in [0.2, 0.25) is 0 Å². The van der Waals surface area contributed by atoms with Crippen molar-refractivity contribution < 1.29 is 13.3 Å². The van der Waals surface area contributed by atoms with Crippen LogP contribution >= 0.6 is 0 Å². The molecule has 2 aliphatic rings. The fourth-order valence-electron chi connectivity index (χ4n) is 4.74. The molecule has 27 heavy (non-hydrogen) atoms. The average molecular weight is 395 g/mol. The van der Waals surface area contributed by atoms with E-state index in [0.29, 0.717) is 0 Å². The van der Waals surface area contributed by atoms with Gasteiger partial charge in [-0.1, -0.05) is 49.0 Å². The maximum atomic E-state index is 5.56. The largest absolute Gasteiger partial charge is 0.500 e. The summed E-state index contributed by atoms with van der Waals surface area (Å²) in [5, 5.41) is 0. The summed E-state index contributed by atoms with van der Waals surface area (Å²) in [6, 6.07) is 0.923. The van der Waals surface area contributed by atoms with Gasteiger partial charge in [-0.3, -0.25) is 0 Å². The molecule has 0 spiro atoms. The van der Waals surface area contributed by atoms with Crippen LogP contribution in [0.3, 0.4) is 0 Å². The number of hydrogen-bond donors (Lipinski definition) is 0. The highest BCUT2D eigenvalue weighted by Gasteiger charge is 2.36. The van der Waals surface area contributed by atoms with Crippen molar-refractivity contribution in [3.05, 3.63) is 23.3 Å². The van der Waals surface area contributed by atoms with Gasteiger partial charge in [0.25, 0.3) is 0 Å². The zero-order valence-electron chi connectivity index (χ0n) is 18.1. The molecule has 0 aromatic rings. The lowest BCUT2D eigenvalue weighted by molar-refractivity contribution is 0.122. The molecule has 0 N–H and O–H groups in total. The topological polar surface area (TPSA) is 27.7 Å². The van der Waals surface area contributed by atoms with Crippen LogP contribution in [0.15, 0.2) is 23.3 Å². The summed E-state index contributed by atoms with van der Waals surface area (Å²) in [4.78, 5) is 0. The van der Waals surface area contributed by atoms with Crippen LogP contribution in [0.2, 0.25) is 6.04 Å². The van der Waals surface area contributed by atoms with Crippen LogP contribution in [-0.4, -0.2) is 30.1 Å². The Kier molecular flexibility index (Phi) is 10.9. The molecule has 0 saturated heterocycles. The van der Waals surface area contributed by atoms with Crippen molar-refractivity contribution in [1.29, 1.82) is 0 Å². The van der Waals surface area contributed by atoms with Crippen LogP contribution in [0.1, 0.15) is 89.9 Å². The first-order valence-corrected chi connectivity index (χ1v) is 13.2. The van der Waals surface area contributed by atoms with Gasteiger partial charge in [-0.15, -0.1) is 0 Å². The van der Waals surface area contributed by atoms with Crippen molar-refractivity contribution in [2.75, 3.05) is 21.3 Å². The summed E-state index contributed by atoms with van der Waals surface area (Å²) in [5.41, 5.74) is 3.52. The summed E-state index contributed by atoms with van der Waals surface area (Å²) in [6.07, 6.45) is 23.8. The van der Waals surface area contributed by atoms with Gasteiger partial charge in [0.1, 0.15) is 0 Å². The second kappa shape index (κ2) is 12.9. The zero-order chi connectivity index (χ0) is 19.4. The first kappa shape index (κ1) is 22.9. The highest BCUT2D eigenvalue weighted by Crippen LogP contribution is 2.36. The lowest BCUT2D eigenvalue weighted by Gasteiger charge is -2.25. The monoisotopic (exact) mass is 394 g/mol. The van der Waals surface area contributed by atoms with E-state index in [2.05, 4.69) is 12.2 Å². The maximum Gasteiger partial charge on any atom is 0.500 e. The molecule has 2 rings (SSSR count). The second-order valence-corrected chi connectivity index (χ2v) is 11.3. The quantitative estimate of drug-likeness (QED) is 0.218. The summed E-state index contributed by atoms with van der Waals surface area (Å²) < 4.78 is 16.7. The van der Waals surface area contributed by atoms with Crippen molar-refractivity contribution in [3.8, 4) is 0 Å². The van der Waals surface area contributed by atoms with Gasteiger partial charge in [-0.05, 0) is 64.2 Å². The van der Waals surface area contributed by atoms with Crippen LogP contribution < -0.4 is 0 Å². The number of hydrogen-bond acceptors (Lipinski definition) is 3. The molecule has 0 radical (unpaired) electrons. The fourth-order valence-corrected chi connectivity index (χ4v) is 6.54. The van der Waals surface area contributed by atoms with Crippen molar-refractivity contribution in [2.45, 2.75) is 95.9 Å². The Morgan fingerprint density at radius 2 is 1.30 bits per heavy atom. The molecule has 2 aliphatic carbocycles. The predicted octanol–water partition coefficient (Wildman–Crippen LogP) is 6.82. The third-order valence-corrected chi connectivity index (χ3v) is 9.29. The molecule has 0 aromatic heterocycles. The first-order chi connectivity index (χ1) is 13.2. The van der Waals surface area contributed by atoms with Crippen LogP contribution in [0, 0.1) is 5.92 Å². The smallest absolute Gasteiger partial charge is 0.377 e. The van der Waals surface area contributed by atoms with Gasteiger partial charge in [-0.25, -0.2) is 0 Å². The Morgan fingerprint density at radius 1 is 0.741 bits per heavy atom. The first-order valence-electron chi connectivity index (χ1n) is 11.3. The Balaban J connectivity index is 1.90. The Labute approximate surface area is 168 Å². The standard InChI is InChI=1S/C23H42O3Si/c1-24-27(25-2,26-3)20-14-8-13-19-23(21-15-9-4-5-10-16-21)22-17-11-6-7-12-18-22/h15,17,23H,4-14,16,18-20H2,1-3H3. The van der Waals surface area contributed by atoms with E-state index in [1.54, 1.807) is 32.5 Å². The number of unbranched alkanes of at least 4 members (excludes halogenated alkanes) is 2. The highest BCUT2D eigenvalue weighted by molar-refractivity contribution is 6.60. The van der Waals surface area contributed by atoms with E-state index in [0.717, 1.165) is 18.4 Å². The second-order valence-electron chi connectivity index (χ2n) is 8.20. The molecule has 156 valence electrons. The van der Waals surface area contributed by atoms with Crippen LogP contribution in [0.4, 0.5) is 0 Å². The Morgan fingerprint density at radius 3 is 1.81 bits per heavy atom. The molecule has 0 bridgehead atoms. The van der Waals surface area contributed by atoms with Gasteiger partial charge in [0, 0.05) is 33.3 Å². The summed E-state index contributed by atoms with van der Waals surface area (Å²) in [7, 11) is 2.75. The molecule has 3 nitrogen and oxygen atoms in total. The maximum absolute atomic E-state index is 5.56. The van der Waals surface area contributed by atoms with Gasteiger partial charge in [-0.2, -0.15) is 0 Å². The highest BCUT2D eigenvalue weighted by atomic mass is 28.4. The van der Waals surface area contributed by atoms with Gasteiger partial charge < -0.3 is 13.3 Å². The fraction of sp³-hybridized carbons (Fsp3) is 0.826. The summed E-state index contributed by atoms with van der Waals surface area (Å²) in [6.45, 7) is 0. The average Bonchev–Trinajstić information content (AvgIpc) is 3.14. The molecular formula is C23H42O3Si. The number of allylic oxidation sites excluding steroid dienone is 4. The van der Waals surface area contributed by atoms with E-state index in [-0.39, 0.29) is 0 Å². The van der Waals surface area contributed by atoms with E-state index in [1.165, 1.54) is 83.5 Å². The van der Waals surface area contributed by atoms with Crippen molar-refractivity contribution >= 4 is 8.80 Å². The van der Waals surface area contributed by atoms with E-state index in [9.17, 15) is 0 Å². The molecule has 0 heterocycles. The van der Waals surface area contributed by atoms with Crippen molar-refractivity contribution in [2.24, 2.45) is 5.92 Å². The third-order valence-electron chi connectivity index (χ3n) is 6.46. The normalized spacial score (nSPS) is 19.4.